The molecule has 1 saturated heterocycles. The molecule has 0 aromatic heterocycles. The first kappa shape index (κ1) is 18.6. The summed E-state index contributed by atoms with van der Waals surface area (Å²) >= 11 is 1.76. The second-order valence-corrected chi connectivity index (χ2v) is 8.80. The lowest BCUT2D eigenvalue weighted by Gasteiger charge is -2.42. The summed E-state index contributed by atoms with van der Waals surface area (Å²) < 4.78 is 0. The summed E-state index contributed by atoms with van der Waals surface area (Å²) in [5, 5.41) is 0. The smallest absolute Gasteiger partial charge is 0.255 e. The summed E-state index contributed by atoms with van der Waals surface area (Å²) in [7, 11) is 0. The first-order chi connectivity index (χ1) is 13.3. The summed E-state index contributed by atoms with van der Waals surface area (Å²) in [6.45, 7) is 4.97. The van der Waals surface area contributed by atoms with E-state index in [1.807, 2.05) is 18.2 Å². The van der Waals surface area contributed by atoms with Crippen LogP contribution >= 0.6 is 11.8 Å². The highest BCUT2D eigenvalue weighted by molar-refractivity contribution is 7.99. The van der Waals surface area contributed by atoms with Crippen molar-refractivity contribution >= 4 is 17.7 Å². The van der Waals surface area contributed by atoms with Gasteiger partial charge in [0.15, 0.2) is 0 Å². The molecule has 4 rings (SSSR count). The number of rotatable bonds is 6. The maximum atomic E-state index is 13.5. The number of hydrogen-bond acceptors (Lipinski definition) is 3. The summed E-state index contributed by atoms with van der Waals surface area (Å²) in [5.74, 6) is 1.18. The molecule has 1 aliphatic carbocycles. The lowest BCUT2D eigenvalue weighted by atomic mass is 10.0. The molecule has 2 aliphatic rings. The van der Waals surface area contributed by atoms with Crippen molar-refractivity contribution < 1.29 is 4.79 Å². The monoisotopic (exact) mass is 380 g/mol. The first-order valence-corrected chi connectivity index (χ1v) is 11.1. The quantitative estimate of drug-likeness (QED) is 0.697. The van der Waals surface area contributed by atoms with Crippen LogP contribution in [0.1, 0.15) is 35.7 Å². The predicted octanol–water partition coefficient (Wildman–Crippen LogP) is 4.33. The molecule has 1 unspecified atom stereocenters. The van der Waals surface area contributed by atoms with E-state index in [0.717, 1.165) is 48.3 Å². The van der Waals surface area contributed by atoms with Gasteiger partial charge in [-0.3, -0.25) is 9.69 Å². The highest BCUT2D eigenvalue weighted by Gasteiger charge is 2.37. The molecule has 2 aromatic rings. The summed E-state index contributed by atoms with van der Waals surface area (Å²) in [6.07, 6.45) is 3.57. The van der Waals surface area contributed by atoms with E-state index in [4.69, 9.17) is 0 Å². The summed E-state index contributed by atoms with van der Waals surface area (Å²) in [5.41, 5.74) is 2.18. The number of piperazine rings is 1. The molecule has 3 nitrogen and oxygen atoms in total. The maximum Gasteiger partial charge on any atom is 0.255 e. The zero-order valence-electron chi connectivity index (χ0n) is 16.0. The van der Waals surface area contributed by atoms with Gasteiger partial charge in [-0.1, -0.05) is 49.4 Å². The Hall–Kier alpha value is -1.78. The second-order valence-electron chi connectivity index (χ2n) is 7.50. The molecule has 0 spiro atoms. The van der Waals surface area contributed by atoms with Crippen molar-refractivity contribution in [3.8, 4) is 0 Å². The average Bonchev–Trinajstić information content (AvgIpc) is 3.54. The number of amides is 1. The topological polar surface area (TPSA) is 23.6 Å². The normalized spacial score (nSPS) is 20.6. The Kier molecular flexibility index (Phi) is 5.84. The SMILES string of the molecule is CCSc1ccccc1C(=O)N1CCN(C2CC2)CC1Cc1ccccc1. The van der Waals surface area contributed by atoms with Crippen LogP contribution in [0.15, 0.2) is 59.5 Å². The van der Waals surface area contributed by atoms with Gasteiger partial charge in [-0.15, -0.1) is 11.8 Å². The third-order valence-electron chi connectivity index (χ3n) is 5.57. The lowest BCUT2D eigenvalue weighted by molar-refractivity contribution is 0.0434. The van der Waals surface area contributed by atoms with Gasteiger partial charge in [0, 0.05) is 36.6 Å². The molecular formula is C23H28N2OS. The number of carbonyl (C=O) groups excluding carboxylic acids is 1. The van der Waals surface area contributed by atoms with Gasteiger partial charge in [-0.25, -0.2) is 0 Å². The van der Waals surface area contributed by atoms with Crippen LogP contribution in [0.2, 0.25) is 0 Å². The van der Waals surface area contributed by atoms with Crippen LogP contribution in [0, 0.1) is 0 Å². The van der Waals surface area contributed by atoms with Crippen molar-refractivity contribution in [3.05, 3.63) is 65.7 Å². The zero-order valence-corrected chi connectivity index (χ0v) is 16.8. The maximum absolute atomic E-state index is 13.5. The fourth-order valence-corrected chi connectivity index (χ4v) is 4.85. The molecule has 4 heteroatoms. The molecule has 2 aromatic carbocycles. The number of carbonyl (C=O) groups is 1. The molecule has 142 valence electrons. The Bertz CT molecular complexity index is 775. The Morgan fingerprint density at radius 3 is 2.52 bits per heavy atom. The Morgan fingerprint density at radius 2 is 1.78 bits per heavy atom. The largest absolute Gasteiger partial charge is 0.333 e. The van der Waals surface area contributed by atoms with Gasteiger partial charge in [0.05, 0.1) is 5.56 Å². The number of hydrogen-bond donors (Lipinski definition) is 0. The fraction of sp³-hybridized carbons (Fsp3) is 0.435. The van der Waals surface area contributed by atoms with Gasteiger partial charge in [-0.2, -0.15) is 0 Å². The molecule has 0 bridgehead atoms. The van der Waals surface area contributed by atoms with E-state index in [2.05, 4.69) is 53.1 Å². The molecule has 1 atom stereocenters. The highest BCUT2D eigenvalue weighted by Crippen LogP contribution is 2.31. The minimum absolute atomic E-state index is 0.197. The van der Waals surface area contributed by atoms with Crippen LogP contribution in [0.25, 0.3) is 0 Å². The average molecular weight is 381 g/mol. The fourth-order valence-electron chi connectivity index (χ4n) is 4.06. The number of benzene rings is 2. The first-order valence-electron chi connectivity index (χ1n) is 10.1. The minimum atomic E-state index is 0.197. The van der Waals surface area contributed by atoms with Crippen LogP contribution in [0.4, 0.5) is 0 Å². The van der Waals surface area contributed by atoms with E-state index in [-0.39, 0.29) is 11.9 Å². The molecule has 1 aliphatic heterocycles. The van der Waals surface area contributed by atoms with Crippen molar-refractivity contribution in [1.29, 1.82) is 0 Å². The highest BCUT2D eigenvalue weighted by atomic mass is 32.2. The van der Waals surface area contributed by atoms with E-state index in [0.29, 0.717) is 0 Å². The molecule has 0 N–H and O–H groups in total. The van der Waals surface area contributed by atoms with Gasteiger partial charge in [0.1, 0.15) is 0 Å². The van der Waals surface area contributed by atoms with Crippen molar-refractivity contribution in [2.45, 2.75) is 43.2 Å². The van der Waals surface area contributed by atoms with Crippen LogP contribution in [0.3, 0.4) is 0 Å². The van der Waals surface area contributed by atoms with Gasteiger partial charge < -0.3 is 4.90 Å². The van der Waals surface area contributed by atoms with E-state index in [1.54, 1.807) is 11.8 Å². The Morgan fingerprint density at radius 1 is 1.04 bits per heavy atom. The number of thioether (sulfide) groups is 1. The van der Waals surface area contributed by atoms with Crippen molar-refractivity contribution in [1.82, 2.24) is 9.80 Å². The van der Waals surface area contributed by atoms with Crippen molar-refractivity contribution in [2.24, 2.45) is 0 Å². The Labute approximate surface area is 166 Å². The molecule has 1 saturated carbocycles. The number of nitrogens with zero attached hydrogens (tertiary/aromatic N) is 2. The van der Waals surface area contributed by atoms with E-state index in [9.17, 15) is 4.79 Å². The van der Waals surface area contributed by atoms with E-state index in [1.165, 1.54) is 18.4 Å². The zero-order chi connectivity index (χ0) is 18.6. The van der Waals surface area contributed by atoms with Gasteiger partial charge in [0.2, 0.25) is 0 Å². The standard InChI is InChI=1S/C23H28N2OS/c1-2-27-22-11-7-6-10-21(22)23(26)25-15-14-24(19-12-13-19)17-20(25)16-18-8-4-3-5-9-18/h3-11,19-20H,2,12-17H2,1H3. The molecule has 2 fully saturated rings. The van der Waals surface area contributed by atoms with E-state index >= 15 is 0 Å². The third-order valence-corrected chi connectivity index (χ3v) is 6.53. The van der Waals surface area contributed by atoms with Crippen LogP contribution < -0.4 is 0 Å². The van der Waals surface area contributed by atoms with E-state index < -0.39 is 0 Å². The van der Waals surface area contributed by atoms with Gasteiger partial charge >= 0.3 is 0 Å². The van der Waals surface area contributed by atoms with Crippen LogP contribution in [-0.2, 0) is 6.42 Å². The summed E-state index contributed by atoms with van der Waals surface area (Å²) in [4.78, 5) is 19.3. The summed E-state index contributed by atoms with van der Waals surface area (Å²) in [6, 6.07) is 19.7. The van der Waals surface area contributed by atoms with Crippen LogP contribution in [0.5, 0.6) is 0 Å². The third kappa shape index (κ3) is 4.39. The lowest BCUT2D eigenvalue weighted by Crippen LogP contribution is -2.56. The molecule has 1 heterocycles. The van der Waals surface area contributed by atoms with Crippen LogP contribution in [-0.4, -0.2) is 53.2 Å². The molecule has 0 radical (unpaired) electrons. The predicted molar refractivity (Wildman–Crippen MR) is 112 cm³/mol. The van der Waals surface area contributed by atoms with Crippen molar-refractivity contribution in [2.75, 3.05) is 25.4 Å². The molecular weight excluding hydrogens is 352 g/mol. The molecule has 1 amide bonds. The van der Waals surface area contributed by atoms with Crippen molar-refractivity contribution in [3.63, 3.8) is 0 Å². The molecule has 27 heavy (non-hydrogen) atoms. The van der Waals surface area contributed by atoms with Gasteiger partial charge in [-0.05, 0) is 42.7 Å². The second kappa shape index (κ2) is 8.49. The minimum Gasteiger partial charge on any atom is -0.333 e. The Balaban J connectivity index is 1.57. The van der Waals surface area contributed by atoms with Gasteiger partial charge in [0.25, 0.3) is 5.91 Å².